The maximum Gasteiger partial charge on any atom is 0.100 e. The van der Waals surface area contributed by atoms with Gasteiger partial charge < -0.3 is 9.13 Å². The zero-order valence-corrected chi connectivity index (χ0v) is 24.2. The Kier molecular flexibility index (Phi) is 7.00. The molecule has 4 nitrogen and oxygen atoms in total. The van der Waals surface area contributed by atoms with Crippen LogP contribution in [-0.4, -0.2) is 19.1 Å². The molecule has 0 aliphatic rings. The molecule has 1 radical (unpaired) electrons. The van der Waals surface area contributed by atoms with Crippen LogP contribution in [0.25, 0.3) is 56.0 Å². The molecule has 5 heteroatoms. The SMILES string of the molecule is Cc1nc2cc(-c3nccn3-c3c(-c4ccccc4)cccc3-c3ccccc3)[c-]cc2n1-c1ccccc1.[Ir]. The van der Waals surface area contributed by atoms with Crippen molar-refractivity contribution in [3.63, 3.8) is 0 Å². The van der Waals surface area contributed by atoms with E-state index in [1.165, 1.54) is 0 Å². The van der Waals surface area contributed by atoms with Gasteiger partial charge in [-0.3, -0.25) is 9.97 Å². The molecule has 0 fully saturated rings. The van der Waals surface area contributed by atoms with Crippen molar-refractivity contribution in [1.29, 1.82) is 0 Å². The van der Waals surface area contributed by atoms with Crippen molar-refractivity contribution in [3.05, 3.63) is 146 Å². The summed E-state index contributed by atoms with van der Waals surface area (Å²) in [6.07, 6.45) is 3.90. The van der Waals surface area contributed by atoms with Gasteiger partial charge in [-0.15, -0.1) is 23.8 Å². The molecule has 7 rings (SSSR count). The molecule has 2 aromatic heterocycles. The third kappa shape index (κ3) is 4.50. The summed E-state index contributed by atoms with van der Waals surface area (Å²) in [5.41, 5.74) is 9.60. The van der Waals surface area contributed by atoms with Gasteiger partial charge in [0.25, 0.3) is 0 Å². The van der Waals surface area contributed by atoms with E-state index in [9.17, 15) is 0 Å². The van der Waals surface area contributed by atoms with Crippen molar-refractivity contribution in [2.45, 2.75) is 6.92 Å². The summed E-state index contributed by atoms with van der Waals surface area (Å²) in [6.45, 7) is 2.04. The van der Waals surface area contributed by atoms with E-state index in [0.717, 1.165) is 61.9 Å². The number of nitrogens with zero attached hydrogens (tertiary/aromatic N) is 4. The van der Waals surface area contributed by atoms with Gasteiger partial charge in [0.05, 0.1) is 11.5 Å². The van der Waals surface area contributed by atoms with Gasteiger partial charge in [0.15, 0.2) is 0 Å². The van der Waals surface area contributed by atoms with Gasteiger partial charge in [0, 0.05) is 54.8 Å². The molecular formula is C35H25IrN4-. The molecule has 7 aromatic rings. The van der Waals surface area contributed by atoms with Gasteiger partial charge in [0.1, 0.15) is 5.82 Å². The van der Waals surface area contributed by atoms with Gasteiger partial charge in [-0.2, -0.15) is 0 Å². The molecule has 5 aromatic carbocycles. The van der Waals surface area contributed by atoms with Crippen LogP contribution in [0.2, 0.25) is 0 Å². The number of hydrogen-bond acceptors (Lipinski definition) is 2. The number of imidazole rings is 2. The second-order valence-electron chi connectivity index (χ2n) is 9.50. The minimum atomic E-state index is 0. The number of rotatable bonds is 5. The smallest absolute Gasteiger partial charge is 0.100 e. The molecule has 0 amide bonds. The fourth-order valence-electron chi connectivity index (χ4n) is 5.36. The van der Waals surface area contributed by atoms with Crippen LogP contribution in [-0.2, 0) is 20.1 Å². The molecule has 0 aliphatic heterocycles. The first-order valence-corrected chi connectivity index (χ1v) is 13.0. The molecule has 40 heavy (non-hydrogen) atoms. The molecule has 0 saturated carbocycles. The Morgan fingerprint density at radius 3 is 1.93 bits per heavy atom. The maximum atomic E-state index is 4.90. The van der Waals surface area contributed by atoms with E-state index in [0.29, 0.717) is 0 Å². The number of aromatic nitrogens is 4. The van der Waals surface area contributed by atoms with E-state index >= 15 is 0 Å². The molecule has 195 valence electrons. The van der Waals surface area contributed by atoms with E-state index < -0.39 is 0 Å². The Morgan fingerprint density at radius 2 is 1.30 bits per heavy atom. The average molecular weight is 694 g/mol. The minimum Gasteiger partial charge on any atom is -0.339 e. The molecule has 0 saturated heterocycles. The molecule has 0 spiro atoms. The second kappa shape index (κ2) is 10.9. The number of fused-ring (bicyclic) bond motifs is 1. The Labute approximate surface area is 247 Å². The van der Waals surface area contributed by atoms with Crippen molar-refractivity contribution >= 4 is 11.0 Å². The average Bonchev–Trinajstić information content (AvgIpc) is 3.61. The Bertz CT molecular complexity index is 1850. The summed E-state index contributed by atoms with van der Waals surface area (Å²) in [5, 5.41) is 0. The van der Waals surface area contributed by atoms with Crippen molar-refractivity contribution in [2.75, 3.05) is 0 Å². The van der Waals surface area contributed by atoms with Crippen molar-refractivity contribution in [1.82, 2.24) is 19.1 Å². The predicted molar refractivity (Wildman–Crippen MR) is 158 cm³/mol. The topological polar surface area (TPSA) is 35.6 Å². The monoisotopic (exact) mass is 694 g/mol. The van der Waals surface area contributed by atoms with E-state index in [2.05, 4.69) is 100 Å². The van der Waals surface area contributed by atoms with E-state index in [-0.39, 0.29) is 20.1 Å². The Hall–Kier alpha value is -4.57. The first-order valence-electron chi connectivity index (χ1n) is 13.0. The van der Waals surface area contributed by atoms with Crippen molar-refractivity contribution < 1.29 is 20.1 Å². The third-order valence-electron chi connectivity index (χ3n) is 7.10. The van der Waals surface area contributed by atoms with Gasteiger partial charge in [-0.05, 0) is 35.7 Å². The molecule has 0 N–H and O–H groups in total. The third-order valence-corrected chi connectivity index (χ3v) is 7.10. The van der Waals surface area contributed by atoms with Crippen LogP contribution in [0.5, 0.6) is 0 Å². The van der Waals surface area contributed by atoms with Gasteiger partial charge >= 0.3 is 0 Å². The summed E-state index contributed by atoms with van der Waals surface area (Å²) in [5.74, 6) is 1.76. The fourth-order valence-corrected chi connectivity index (χ4v) is 5.36. The molecule has 0 unspecified atom stereocenters. The summed E-state index contributed by atoms with van der Waals surface area (Å²) < 4.78 is 4.35. The molecule has 0 bridgehead atoms. The molecular weight excluding hydrogens is 669 g/mol. The maximum absolute atomic E-state index is 4.90. The van der Waals surface area contributed by atoms with E-state index in [4.69, 9.17) is 9.97 Å². The summed E-state index contributed by atoms with van der Waals surface area (Å²) >= 11 is 0. The van der Waals surface area contributed by atoms with Crippen LogP contribution in [0.15, 0.2) is 134 Å². The minimum absolute atomic E-state index is 0. The van der Waals surface area contributed by atoms with Crippen LogP contribution in [0.3, 0.4) is 0 Å². The van der Waals surface area contributed by atoms with Crippen LogP contribution in [0.4, 0.5) is 0 Å². The number of benzene rings is 5. The zero-order chi connectivity index (χ0) is 26.2. The summed E-state index contributed by atoms with van der Waals surface area (Å²) in [7, 11) is 0. The van der Waals surface area contributed by atoms with E-state index in [1.807, 2.05) is 55.7 Å². The number of para-hydroxylation sites is 2. The Balaban J connectivity index is 0.00000289. The van der Waals surface area contributed by atoms with Gasteiger partial charge in [-0.25, -0.2) is 0 Å². The summed E-state index contributed by atoms with van der Waals surface area (Å²) in [6, 6.07) is 45.5. The normalized spacial score (nSPS) is 10.9. The fraction of sp³-hybridized carbons (Fsp3) is 0.0286. The van der Waals surface area contributed by atoms with Crippen LogP contribution in [0, 0.1) is 13.0 Å². The van der Waals surface area contributed by atoms with Crippen LogP contribution in [0.1, 0.15) is 5.82 Å². The summed E-state index contributed by atoms with van der Waals surface area (Å²) in [4.78, 5) is 9.72. The second-order valence-corrected chi connectivity index (χ2v) is 9.50. The van der Waals surface area contributed by atoms with Gasteiger partial charge in [0.2, 0.25) is 0 Å². The van der Waals surface area contributed by atoms with E-state index in [1.54, 1.807) is 0 Å². The quantitative estimate of drug-likeness (QED) is 0.170. The largest absolute Gasteiger partial charge is 0.339 e. The number of hydrogen-bond donors (Lipinski definition) is 0. The number of aryl methyl sites for hydroxylation is 1. The molecule has 0 aliphatic carbocycles. The first-order chi connectivity index (χ1) is 19.3. The zero-order valence-electron chi connectivity index (χ0n) is 21.8. The predicted octanol–water partition coefficient (Wildman–Crippen LogP) is 8.32. The molecule has 2 heterocycles. The van der Waals surface area contributed by atoms with Crippen molar-refractivity contribution in [3.8, 4) is 45.0 Å². The van der Waals surface area contributed by atoms with Crippen molar-refractivity contribution in [2.24, 2.45) is 0 Å². The van der Waals surface area contributed by atoms with Crippen LogP contribution >= 0.6 is 0 Å². The van der Waals surface area contributed by atoms with Crippen LogP contribution < -0.4 is 0 Å². The molecule has 0 atom stereocenters. The standard InChI is InChI=1S/C35H25N4.Ir/c1-25-37-32-24-28(20-21-33(32)39(25)29-16-9-4-10-17-29)35-36-22-23-38(35)34-30(26-12-5-2-6-13-26)18-11-19-31(34)27-14-7-3-8-15-27;/h2-19,21-24H,1H3;/q-1;. The first kappa shape index (κ1) is 25.7. The van der Waals surface area contributed by atoms with Gasteiger partial charge in [-0.1, -0.05) is 97.1 Å². The Morgan fingerprint density at radius 1 is 0.700 bits per heavy atom.